The van der Waals surface area contributed by atoms with Gasteiger partial charge in [0.25, 0.3) is 0 Å². The molecule has 1 heterocycles. The fourth-order valence-electron chi connectivity index (χ4n) is 2.85. The van der Waals surface area contributed by atoms with Gasteiger partial charge in [0.2, 0.25) is 0 Å². The SMILES string of the molecule is Cc1cc(Cl)ccc1C(=O)C1CCCc2sccc21. The largest absolute Gasteiger partial charge is 0.293 e. The Hall–Kier alpha value is -1.12. The lowest BCUT2D eigenvalue weighted by Crippen LogP contribution is -2.18. The molecule has 1 aromatic carbocycles. The molecule has 0 N–H and O–H groups in total. The Kier molecular flexibility index (Phi) is 3.46. The number of Topliss-reactive ketones (excluding diaryl/α,β-unsaturated/α-hetero) is 1. The molecular weight excluding hydrogens is 276 g/mol. The third kappa shape index (κ3) is 2.35. The van der Waals surface area contributed by atoms with Crippen molar-refractivity contribution in [2.75, 3.05) is 0 Å². The number of halogens is 1. The van der Waals surface area contributed by atoms with Crippen LogP contribution in [0.4, 0.5) is 0 Å². The van der Waals surface area contributed by atoms with Crippen LogP contribution in [0.5, 0.6) is 0 Å². The molecule has 3 heteroatoms. The van der Waals surface area contributed by atoms with Crippen molar-refractivity contribution in [3.8, 4) is 0 Å². The highest BCUT2D eigenvalue weighted by Crippen LogP contribution is 2.37. The van der Waals surface area contributed by atoms with Crippen LogP contribution in [0.15, 0.2) is 29.6 Å². The molecule has 3 rings (SSSR count). The van der Waals surface area contributed by atoms with E-state index in [-0.39, 0.29) is 11.7 Å². The monoisotopic (exact) mass is 290 g/mol. The van der Waals surface area contributed by atoms with Crippen molar-refractivity contribution < 1.29 is 4.79 Å². The number of aryl methyl sites for hydroxylation is 2. The van der Waals surface area contributed by atoms with E-state index in [2.05, 4.69) is 11.4 Å². The van der Waals surface area contributed by atoms with E-state index in [0.717, 1.165) is 30.4 Å². The van der Waals surface area contributed by atoms with E-state index in [0.29, 0.717) is 5.02 Å². The summed E-state index contributed by atoms with van der Waals surface area (Å²) >= 11 is 7.74. The van der Waals surface area contributed by atoms with Gasteiger partial charge in [-0.05, 0) is 67.0 Å². The molecule has 98 valence electrons. The maximum atomic E-state index is 12.8. The van der Waals surface area contributed by atoms with Crippen LogP contribution >= 0.6 is 22.9 Å². The Morgan fingerprint density at radius 1 is 1.37 bits per heavy atom. The van der Waals surface area contributed by atoms with Gasteiger partial charge in [0.15, 0.2) is 5.78 Å². The van der Waals surface area contributed by atoms with Gasteiger partial charge in [-0.1, -0.05) is 11.6 Å². The summed E-state index contributed by atoms with van der Waals surface area (Å²) in [6.07, 6.45) is 3.19. The number of thiophene rings is 1. The summed E-state index contributed by atoms with van der Waals surface area (Å²) in [5.41, 5.74) is 3.03. The van der Waals surface area contributed by atoms with Crippen molar-refractivity contribution in [1.29, 1.82) is 0 Å². The number of fused-ring (bicyclic) bond motifs is 1. The molecule has 1 unspecified atom stereocenters. The third-order valence-corrected chi connectivity index (χ3v) is 5.05. The zero-order valence-electron chi connectivity index (χ0n) is 10.8. The minimum atomic E-state index is 0.0369. The first kappa shape index (κ1) is 12.9. The summed E-state index contributed by atoms with van der Waals surface area (Å²) in [6.45, 7) is 1.95. The van der Waals surface area contributed by atoms with E-state index >= 15 is 0 Å². The van der Waals surface area contributed by atoms with Crippen LogP contribution in [0.1, 0.15) is 45.1 Å². The van der Waals surface area contributed by atoms with Gasteiger partial charge in [0, 0.05) is 21.4 Å². The molecule has 0 aliphatic heterocycles. The first-order chi connectivity index (χ1) is 9.16. The van der Waals surface area contributed by atoms with Crippen molar-refractivity contribution in [2.45, 2.75) is 32.1 Å². The number of hydrogen-bond donors (Lipinski definition) is 0. The fourth-order valence-corrected chi connectivity index (χ4v) is 4.06. The molecule has 0 spiro atoms. The highest BCUT2D eigenvalue weighted by atomic mass is 35.5. The predicted molar refractivity (Wildman–Crippen MR) is 80.5 cm³/mol. The van der Waals surface area contributed by atoms with E-state index in [9.17, 15) is 4.79 Å². The van der Waals surface area contributed by atoms with E-state index in [4.69, 9.17) is 11.6 Å². The quantitative estimate of drug-likeness (QED) is 0.710. The normalized spacial score (nSPS) is 18.1. The second-order valence-corrected chi connectivity index (χ2v) is 6.50. The molecule has 19 heavy (non-hydrogen) atoms. The van der Waals surface area contributed by atoms with E-state index in [1.807, 2.05) is 19.1 Å². The van der Waals surface area contributed by atoms with Gasteiger partial charge in [-0.3, -0.25) is 4.79 Å². The number of benzene rings is 1. The smallest absolute Gasteiger partial charge is 0.170 e. The van der Waals surface area contributed by atoms with Crippen LogP contribution in [-0.4, -0.2) is 5.78 Å². The predicted octanol–water partition coefficient (Wildman–Crippen LogP) is 5.01. The zero-order valence-corrected chi connectivity index (χ0v) is 12.4. The standard InChI is InChI=1S/C16H15ClOS/c1-10-9-11(17)5-6-12(10)16(18)14-3-2-4-15-13(14)7-8-19-15/h5-9,14H,2-4H2,1H3. The number of rotatable bonds is 2. The van der Waals surface area contributed by atoms with Gasteiger partial charge >= 0.3 is 0 Å². The molecule has 0 saturated carbocycles. The molecule has 1 aliphatic rings. The van der Waals surface area contributed by atoms with Crippen LogP contribution in [0.3, 0.4) is 0 Å². The molecule has 0 radical (unpaired) electrons. The van der Waals surface area contributed by atoms with Crippen molar-refractivity contribution in [2.24, 2.45) is 0 Å². The highest BCUT2D eigenvalue weighted by Gasteiger charge is 2.28. The average Bonchev–Trinajstić information content (AvgIpc) is 2.86. The van der Waals surface area contributed by atoms with E-state index < -0.39 is 0 Å². The summed E-state index contributed by atoms with van der Waals surface area (Å²) in [5, 5.41) is 2.79. The minimum absolute atomic E-state index is 0.0369. The Bertz CT molecular complexity index is 629. The summed E-state index contributed by atoms with van der Waals surface area (Å²) in [5.74, 6) is 0.281. The van der Waals surface area contributed by atoms with E-state index in [1.54, 1.807) is 17.4 Å². The van der Waals surface area contributed by atoms with Crippen LogP contribution < -0.4 is 0 Å². The Balaban J connectivity index is 1.98. The second kappa shape index (κ2) is 5.10. The molecule has 0 fully saturated rings. The average molecular weight is 291 g/mol. The number of hydrogen-bond acceptors (Lipinski definition) is 2. The molecular formula is C16H15ClOS. The van der Waals surface area contributed by atoms with Crippen LogP contribution in [0, 0.1) is 6.92 Å². The molecule has 1 aromatic heterocycles. The van der Waals surface area contributed by atoms with Gasteiger partial charge < -0.3 is 0 Å². The molecule has 0 saturated heterocycles. The zero-order chi connectivity index (χ0) is 13.4. The summed E-state index contributed by atoms with van der Waals surface area (Å²) in [6, 6.07) is 7.65. The van der Waals surface area contributed by atoms with Crippen molar-refractivity contribution in [3.05, 3.63) is 56.2 Å². The number of ketones is 1. The van der Waals surface area contributed by atoms with Crippen LogP contribution in [-0.2, 0) is 6.42 Å². The molecule has 2 aromatic rings. The minimum Gasteiger partial charge on any atom is -0.293 e. The van der Waals surface area contributed by atoms with Gasteiger partial charge in [0.05, 0.1) is 0 Å². The number of carbonyl (C=O) groups excluding carboxylic acids is 1. The lowest BCUT2D eigenvalue weighted by molar-refractivity contribution is 0.0951. The lowest BCUT2D eigenvalue weighted by atomic mass is 9.82. The van der Waals surface area contributed by atoms with Crippen molar-refractivity contribution in [3.63, 3.8) is 0 Å². The highest BCUT2D eigenvalue weighted by molar-refractivity contribution is 7.10. The summed E-state index contributed by atoms with van der Waals surface area (Å²) in [7, 11) is 0. The Labute approximate surface area is 122 Å². The third-order valence-electron chi connectivity index (χ3n) is 3.82. The Morgan fingerprint density at radius 3 is 3.00 bits per heavy atom. The second-order valence-electron chi connectivity index (χ2n) is 5.07. The first-order valence-corrected chi connectivity index (χ1v) is 7.79. The Morgan fingerprint density at radius 2 is 2.21 bits per heavy atom. The lowest BCUT2D eigenvalue weighted by Gasteiger charge is -2.22. The molecule has 1 nitrogen and oxygen atoms in total. The van der Waals surface area contributed by atoms with Gasteiger partial charge in [-0.2, -0.15) is 0 Å². The molecule has 1 aliphatic carbocycles. The molecule has 0 bridgehead atoms. The number of carbonyl (C=O) groups is 1. The van der Waals surface area contributed by atoms with Crippen LogP contribution in [0.2, 0.25) is 5.02 Å². The summed E-state index contributed by atoms with van der Waals surface area (Å²) in [4.78, 5) is 14.1. The molecule has 0 amide bonds. The topological polar surface area (TPSA) is 17.1 Å². The van der Waals surface area contributed by atoms with Crippen LogP contribution in [0.25, 0.3) is 0 Å². The van der Waals surface area contributed by atoms with Crippen molar-refractivity contribution in [1.82, 2.24) is 0 Å². The molecule has 1 atom stereocenters. The first-order valence-electron chi connectivity index (χ1n) is 6.53. The maximum absolute atomic E-state index is 12.8. The van der Waals surface area contributed by atoms with Gasteiger partial charge in [0.1, 0.15) is 0 Å². The van der Waals surface area contributed by atoms with Crippen molar-refractivity contribution >= 4 is 28.7 Å². The van der Waals surface area contributed by atoms with E-state index in [1.165, 1.54) is 10.4 Å². The van der Waals surface area contributed by atoms with Gasteiger partial charge in [-0.15, -0.1) is 11.3 Å². The fraction of sp³-hybridized carbons (Fsp3) is 0.312. The summed E-state index contributed by atoms with van der Waals surface area (Å²) < 4.78 is 0. The van der Waals surface area contributed by atoms with Gasteiger partial charge in [-0.25, -0.2) is 0 Å². The maximum Gasteiger partial charge on any atom is 0.170 e.